The maximum atomic E-state index is 12.7. The van der Waals surface area contributed by atoms with Crippen LogP contribution in [0.1, 0.15) is 12.5 Å². The second kappa shape index (κ2) is 7.70. The molecule has 3 N–H and O–H groups in total. The fourth-order valence-corrected chi connectivity index (χ4v) is 2.26. The Balaban J connectivity index is 2.34. The van der Waals surface area contributed by atoms with Gasteiger partial charge in [-0.15, -0.1) is 0 Å². The number of carbonyl (C=O) groups is 1. The molecule has 144 valence electrons. The number of nitrogens with one attached hydrogen (secondary N) is 1. The van der Waals surface area contributed by atoms with Crippen molar-refractivity contribution < 1.29 is 27.6 Å². The number of hydrogen-bond donors (Lipinski definition) is 2. The molecule has 0 bridgehead atoms. The molecule has 2 aromatic carbocycles. The van der Waals surface area contributed by atoms with Crippen molar-refractivity contribution in [1.82, 2.24) is 0 Å². The Hall–Kier alpha value is -3.01. The van der Waals surface area contributed by atoms with E-state index >= 15 is 0 Å². The summed E-state index contributed by atoms with van der Waals surface area (Å²) in [5, 5.41) is 13.4. The van der Waals surface area contributed by atoms with Gasteiger partial charge < -0.3 is 15.8 Å². The van der Waals surface area contributed by atoms with E-state index in [-0.39, 0.29) is 27.9 Å². The highest BCUT2D eigenvalue weighted by atomic mass is 35.5. The van der Waals surface area contributed by atoms with E-state index in [1.54, 1.807) is 0 Å². The van der Waals surface area contributed by atoms with E-state index in [2.05, 4.69) is 5.32 Å². The minimum Gasteiger partial charge on any atom is -0.456 e. The maximum Gasteiger partial charge on any atom is 0.416 e. The molecule has 1 atom stereocenters. The first-order valence-electron chi connectivity index (χ1n) is 7.38. The van der Waals surface area contributed by atoms with Gasteiger partial charge in [0.05, 0.1) is 15.5 Å². The summed E-state index contributed by atoms with van der Waals surface area (Å²) in [6.45, 7) is 1.41. The van der Waals surface area contributed by atoms with Crippen molar-refractivity contribution in [3.63, 3.8) is 0 Å². The second-order valence-corrected chi connectivity index (χ2v) is 5.86. The van der Waals surface area contributed by atoms with Gasteiger partial charge in [-0.3, -0.25) is 14.9 Å². The van der Waals surface area contributed by atoms with Crippen LogP contribution in [-0.2, 0) is 11.0 Å². The first-order chi connectivity index (χ1) is 12.5. The van der Waals surface area contributed by atoms with E-state index in [4.69, 9.17) is 22.1 Å². The van der Waals surface area contributed by atoms with E-state index in [0.717, 1.165) is 18.2 Å². The summed E-state index contributed by atoms with van der Waals surface area (Å²) in [5.74, 6) is -0.754. The van der Waals surface area contributed by atoms with Crippen molar-refractivity contribution in [2.45, 2.75) is 19.1 Å². The van der Waals surface area contributed by atoms with Crippen molar-refractivity contribution in [2.75, 3.05) is 5.32 Å². The van der Waals surface area contributed by atoms with E-state index in [9.17, 15) is 28.1 Å². The fraction of sp³-hybridized carbons (Fsp3) is 0.188. The van der Waals surface area contributed by atoms with Gasteiger partial charge in [-0.25, -0.2) is 0 Å². The Bertz CT molecular complexity index is 890. The fourth-order valence-electron chi connectivity index (χ4n) is 2.04. The van der Waals surface area contributed by atoms with Gasteiger partial charge in [0.25, 0.3) is 5.69 Å². The number of hydrogen-bond acceptors (Lipinski definition) is 5. The zero-order chi connectivity index (χ0) is 20.4. The highest BCUT2D eigenvalue weighted by Crippen LogP contribution is 2.38. The molecule has 1 unspecified atom stereocenters. The number of benzene rings is 2. The van der Waals surface area contributed by atoms with Crippen LogP contribution in [0.25, 0.3) is 0 Å². The molecule has 0 spiro atoms. The van der Waals surface area contributed by atoms with Crippen LogP contribution in [0.5, 0.6) is 11.5 Å². The Kier molecular flexibility index (Phi) is 5.79. The van der Waals surface area contributed by atoms with Crippen LogP contribution in [0.15, 0.2) is 36.4 Å². The lowest BCUT2D eigenvalue weighted by Gasteiger charge is -2.14. The smallest absolute Gasteiger partial charge is 0.416 e. The van der Waals surface area contributed by atoms with E-state index < -0.39 is 28.6 Å². The van der Waals surface area contributed by atoms with Crippen LogP contribution >= 0.6 is 11.6 Å². The summed E-state index contributed by atoms with van der Waals surface area (Å²) in [6, 6.07) is 5.19. The molecule has 27 heavy (non-hydrogen) atoms. The van der Waals surface area contributed by atoms with Gasteiger partial charge >= 0.3 is 6.18 Å². The molecule has 0 aromatic heterocycles. The van der Waals surface area contributed by atoms with Gasteiger partial charge in [-0.05, 0) is 31.2 Å². The monoisotopic (exact) mass is 403 g/mol. The molecular formula is C16H13ClF3N3O4. The average Bonchev–Trinajstić information content (AvgIpc) is 2.55. The van der Waals surface area contributed by atoms with Gasteiger partial charge in [-0.1, -0.05) is 11.6 Å². The van der Waals surface area contributed by atoms with Crippen molar-refractivity contribution in [3.05, 3.63) is 57.1 Å². The molecule has 11 heteroatoms. The Morgan fingerprint density at radius 1 is 1.30 bits per heavy atom. The number of nitro benzene ring substituents is 1. The summed E-state index contributed by atoms with van der Waals surface area (Å²) in [5.41, 5.74) is 3.80. The molecule has 2 aromatic rings. The molecule has 0 aliphatic rings. The lowest BCUT2D eigenvalue weighted by atomic mass is 10.2. The van der Waals surface area contributed by atoms with Gasteiger partial charge in [0, 0.05) is 12.1 Å². The summed E-state index contributed by atoms with van der Waals surface area (Å²) in [6.07, 6.45) is -4.56. The zero-order valence-electron chi connectivity index (χ0n) is 13.7. The molecule has 0 saturated carbocycles. The summed E-state index contributed by atoms with van der Waals surface area (Å²) < 4.78 is 43.4. The molecule has 7 nitrogen and oxygen atoms in total. The third-order valence-electron chi connectivity index (χ3n) is 3.45. The van der Waals surface area contributed by atoms with E-state index in [1.807, 2.05) is 0 Å². The normalized spacial score (nSPS) is 12.3. The highest BCUT2D eigenvalue weighted by molar-refractivity contribution is 6.32. The Morgan fingerprint density at radius 2 is 1.96 bits per heavy atom. The molecular weight excluding hydrogens is 391 g/mol. The predicted octanol–water partition coefficient (Wildman–Crippen LogP) is 4.35. The van der Waals surface area contributed by atoms with E-state index in [0.29, 0.717) is 6.07 Å². The number of rotatable bonds is 6. The number of nitrogens with zero attached hydrogens (tertiary/aromatic N) is 1. The van der Waals surface area contributed by atoms with Gasteiger partial charge in [0.2, 0.25) is 5.91 Å². The quantitative estimate of drug-likeness (QED) is 0.551. The molecule has 0 heterocycles. The molecule has 0 fully saturated rings. The number of carbonyl (C=O) groups excluding carboxylic acids is 1. The van der Waals surface area contributed by atoms with Gasteiger partial charge in [0.1, 0.15) is 23.2 Å². The molecule has 0 saturated heterocycles. The number of nitrogens with two attached hydrogens (primary N) is 1. The van der Waals surface area contributed by atoms with E-state index in [1.165, 1.54) is 19.1 Å². The first-order valence-corrected chi connectivity index (χ1v) is 7.75. The van der Waals surface area contributed by atoms with Crippen LogP contribution in [0, 0.1) is 10.1 Å². The number of nitro groups is 1. The van der Waals surface area contributed by atoms with Crippen LogP contribution < -0.4 is 15.8 Å². The number of ether oxygens (including phenoxy) is 1. The van der Waals surface area contributed by atoms with Crippen molar-refractivity contribution in [3.8, 4) is 11.5 Å². The average molecular weight is 404 g/mol. The van der Waals surface area contributed by atoms with Crippen LogP contribution in [0.2, 0.25) is 5.02 Å². The van der Waals surface area contributed by atoms with Gasteiger partial charge in [-0.2, -0.15) is 13.2 Å². The lowest BCUT2D eigenvalue weighted by Crippen LogP contribution is -2.32. The number of halogens is 4. The number of anilines is 1. The minimum atomic E-state index is -4.56. The lowest BCUT2D eigenvalue weighted by molar-refractivity contribution is -0.384. The molecule has 0 radical (unpaired) electrons. The predicted molar refractivity (Wildman–Crippen MR) is 91.9 cm³/mol. The summed E-state index contributed by atoms with van der Waals surface area (Å²) in [7, 11) is 0. The third kappa shape index (κ3) is 5.00. The molecule has 0 aliphatic heterocycles. The third-order valence-corrected chi connectivity index (χ3v) is 3.75. The topological polar surface area (TPSA) is 107 Å². The maximum absolute atomic E-state index is 12.7. The standard InChI is InChI=1S/C16H13ClF3N3O4/c1-8(15(21)24)22-12-7-10(3-4-13(12)23(25)26)27-14-5-2-9(6-11(14)17)16(18,19)20/h2-8,22H,1H3,(H2,21,24). The zero-order valence-corrected chi connectivity index (χ0v) is 14.5. The van der Waals surface area contributed by atoms with Crippen LogP contribution in [-0.4, -0.2) is 16.9 Å². The van der Waals surface area contributed by atoms with Crippen LogP contribution in [0.3, 0.4) is 0 Å². The highest BCUT2D eigenvalue weighted by Gasteiger charge is 2.31. The SMILES string of the molecule is CC(Nc1cc(Oc2ccc(C(F)(F)F)cc2Cl)ccc1[N+](=O)[O-])C(N)=O. The summed E-state index contributed by atoms with van der Waals surface area (Å²) in [4.78, 5) is 21.6. The van der Waals surface area contributed by atoms with Crippen LogP contribution in [0.4, 0.5) is 24.5 Å². The Morgan fingerprint density at radius 3 is 2.48 bits per heavy atom. The Labute approximate surface area is 156 Å². The first kappa shape index (κ1) is 20.3. The molecule has 1 amide bonds. The molecule has 0 aliphatic carbocycles. The van der Waals surface area contributed by atoms with Crippen molar-refractivity contribution in [1.29, 1.82) is 0 Å². The summed E-state index contributed by atoms with van der Waals surface area (Å²) >= 11 is 5.82. The number of alkyl halides is 3. The second-order valence-electron chi connectivity index (χ2n) is 5.45. The number of amides is 1. The van der Waals surface area contributed by atoms with Crippen molar-refractivity contribution >= 4 is 28.9 Å². The number of primary amides is 1. The van der Waals surface area contributed by atoms with Gasteiger partial charge in [0.15, 0.2) is 0 Å². The molecule has 2 rings (SSSR count). The van der Waals surface area contributed by atoms with Crippen molar-refractivity contribution in [2.24, 2.45) is 5.73 Å². The minimum absolute atomic E-state index is 0.0492. The largest absolute Gasteiger partial charge is 0.456 e.